The zero-order valence-electron chi connectivity index (χ0n) is 16.2. The molecule has 0 fully saturated rings. The number of thiophene rings is 1. The van der Waals surface area contributed by atoms with Gasteiger partial charge in [0.05, 0.1) is 12.2 Å². The van der Waals surface area contributed by atoms with Crippen molar-refractivity contribution in [3.63, 3.8) is 0 Å². The third-order valence-electron chi connectivity index (χ3n) is 5.01. The Labute approximate surface area is 165 Å². The fraction of sp³-hybridized carbons (Fsp3) is 0.455. The van der Waals surface area contributed by atoms with Crippen molar-refractivity contribution in [1.29, 1.82) is 5.26 Å². The summed E-state index contributed by atoms with van der Waals surface area (Å²) in [5.41, 5.74) is 4.13. The summed E-state index contributed by atoms with van der Waals surface area (Å²) in [6.07, 6.45) is 4.09. The molecule has 0 saturated heterocycles. The Morgan fingerprint density at radius 1 is 1.41 bits per heavy atom. The number of rotatable bonds is 6. The summed E-state index contributed by atoms with van der Waals surface area (Å²) < 4.78 is 5.79. The summed E-state index contributed by atoms with van der Waals surface area (Å²) in [6.45, 7) is 6.82. The van der Waals surface area contributed by atoms with E-state index in [4.69, 9.17) is 4.74 Å². The summed E-state index contributed by atoms with van der Waals surface area (Å²) in [4.78, 5) is 13.6. The third-order valence-corrected chi connectivity index (χ3v) is 6.18. The smallest absolute Gasteiger partial charge is 0.225 e. The van der Waals surface area contributed by atoms with E-state index in [1.54, 1.807) is 11.3 Å². The maximum atomic E-state index is 12.3. The molecule has 0 spiro atoms. The van der Waals surface area contributed by atoms with E-state index in [1.807, 2.05) is 19.1 Å². The zero-order valence-corrected chi connectivity index (χ0v) is 17.0. The average Bonchev–Trinajstić information content (AvgIpc) is 2.96. The zero-order chi connectivity index (χ0) is 19.4. The Hall–Kier alpha value is -2.32. The van der Waals surface area contributed by atoms with Gasteiger partial charge in [-0.3, -0.25) is 4.79 Å². The highest BCUT2D eigenvalue weighted by molar-refractivity contribution is 7.16. The number of nitrogens with one attached hydrogen (secondary N) is 1. The Bertz CT molecular complexity index is 879. The maximum absolute atomic E-state index is 12.3. The van der Waals surface area contributed by atoms with Gasteiger partial charge in [0.25, 0.3) is 0 Å². The molecule has 1 aromatic heterocycles. The van der Waals surface area contributed by atoms with Crippen molar-refractivity contribution in [1.82, 2.24) is 0 Å². The minimum absolute atomic E-state index is 0.0534. The van der Waals surface area contributed by atoms with Gasteiger partial charge in [0.2, 0.25) is 5.91 Å². The lowest BCUT2D eigenvalue weighted by Crippen LogP contribution is -2.13. The second-order valence-electron chi connectivity index (χ2n) is 7.44. The first-order valence-electron chi connectivity index (χ1n) is 9.52. The first-order chi connectivity index (χ1) is 13.0. The third kappa shape index (κ3) is 4.70. The van der Waals surface area contributed by atoms with Gasteiger partial charge in [0, 0.05) is 11.3 Å². The van der Waals surface area contributed by atoms with Gasteiger partial charge < -0.3 is 10.1 Å². The molecule has 1 atom stereocenters. The van der Waals surface area contributed by atoms with Crippen LogP contribution in [-0.2, 0) is 17.6 Å². The highest BCUT2D eigenvalue weighted by atomic mass is 32.1. The molecule has 1 heterocycles. The first-order valence-corrected chi connectivity index (χ1v) is 10.3. The number of aryl methyl sites for hydroxylation is 2. The Morgan fingerprint density at radius 3 is 2.96 bits per heavy atom. The van der Waals surface area contributed by atoms with Crippen molar-refractivity contribution in [3.8, 4) is 11.8 Å². The van der Waals surface area contributed by atoms with Crippen LogP contribution in [0.1, 0.15) is 53.3 Å². The summed E-state index contributed by atoms with van der Waals surface area (Å²) in [5, 5.41) is 13.2. The molecule has 2 aromatic rings. The summed E-state index contributed by atoms with van der Waals surface area (Å²) in [6, 6.07) is 8.38. The molecule has 1 aromatic carbocycles. The van der Waals surface area contributed by atoms with Gasteiger partial charge in [-0.05, 0) is 62.6 Å². The van der Waals surface area contributed by atoms with E-state index in [1.165, 1.54) is 10.4 Å². The van der Waals surface area contributed by atoms with Crippen LogP contribution in [0.15, 0.2) is 18.2 Å². The number of hydrogen-bond donors (Lipinski definition) is 1. The number of amides is 1. The molecule has 3 rings (SSSR count). The molecule has 0 bridgehead atoms. The fourth-order valence-corrected chi connectivity index (χ4v) is 4.90. The molecule has 1 aliphatic rings. The predicted octanol–water partition coefficient (Wildman–Crippen LogP) is 5.16. The lowest BCUT2D eigenvalue weighted by molar-refractivity contribution is -0.116. The van der Waals surface area contributed by atoms with Gasteiger partial charge in [0.15, 0.2) is 0 Å². The van der Waals surface area contributed by atoms with Crippen LogP contribution in [-0.4, -0.2) is 12.5 Å². The number of nitrogens with zero attached hydrogens (tertiary/aromatic N) is 1. The van der Waals surface area contributed by atoms with Crippen molar-refractivity contribution < 1.29 is 9.53 Å². The SMILES string of the molecule is Cc1ccc(OCCCC(=O)Nc2sc3c(c2C#N)CC[C@@H](C)C3)c(C)c1. The second-order valence-corrected chi connectivity index (χ2v) is 8.54. The van der Waals surface area contributed by atoms with Gasteiger partial charge in [0.1, 0.15) is 16.8 Å². The second kappa shape index (κ2) is 8.58. The van der Waals surface area contributed by atoms with Crippen molar-refractivity contribution in [2.24, 2.45) is 5.92 Å². The van der Waals surface area contributed by atoms with E-state index in [-0.39, 0.29) is 5.91 Å². The largest absolute Gasteiger partial charge is 0.493 e. The van der Waals surface area contributed by atoms with Crippen molar-refractivity contribution in [3.05, 3.63) is 45.3 Å². The van der Waals surface area contributed by atoms with Crippen LogP contribution in [0.3, 0.4) is 0 Å². The topological polar surface area (TPSA) is 62.1 Å². The standard InChI is InChI=1S/C22H26N2O2S/c1-14-7-9-19(16(3)11-14)26-10-4-5-21(25)24-22-18(13-23)17-8-6-15(2)12-20(17)27-22/h7,9,11,15H,4-6,8,10,12H2,1-3H3,(H,24,25)/t15-/m1/s1. The molecule has 0 saturated carbocycles. The van der Waals surface area contributed by atoms with E-state index >= 15 is 0 Å². The number of anilines is 1. The number of fused-ring (bicyclic) bond motifs is 1. The number of nitriles is 1. The number of carbonyl (C=O) groups is 1. The number of carbonyl (C=O) groups excluding carboxylic acids is 1. The highest BCUT2D eigenvalue weighted by Crippen LogP contribution is 2.39. The van der Waals surface area contributed by atoms with Gasteiger partial charge in [-0.1, -0.05) is 24.6 Å². The monoisotopic (exact) mass is 382 g/mol. The minimum atomic E-state index is -0.0534. The van der Waals surface area contributed by atoms with Gasteiger partial charge in [-0.15, -0.1) is 11.3 Å². The Morgan fingerprint density at radius 2 is 2.22 bits per heavy atom. The van der Waals surface area contributed by atoms with E-state index in [9.17, 15) is 10.1 Å². The fourth-order valence-electron chi connectivity index (χ4n) is 3.52. The molecule has 142 valence electrons. The molecule has 0 radical (unpaired) electrons. The Kier molecular flexibility index (Phi) is 6.18. The van der Waals surface area contributed by atoms with Crippen LogP contribution in [0.4, 0.5) is 5.00 Å². The lowest BCUT2D eigenvalue weighted by atomic mass is 9.88. The summed E-state index contributed by atoms with van der Waals surface area (Å²) in [7, 11) is 0. The molecule has 27 heavy (non-hydrogen) atoms. The molecular weight excluding hydrogens is 356 g/mol. The molecule has 0 aliphatic heterocycles. The van der Waals surface area contributed by atoms with Crippen LogP contribution in [0.2, 0.25) is 0 Å². The van der Waals surface area contributed by atoms with Crippen LogP contribution < -0.4 is 10.1 Å². The Balaban J connectivity index is 1.52. The molecule has 0 unspecified atom stereocenters. The van der Waals surface area contributed by atoms with E-state index < -0.39 is 0 Å². The number of benzene rings is 1. The summed E-state index contributed by atoms with van der Waals surface area (Å²) >= 11 is 1.57. The van der Waals surface area contributed by atoms with Gasteiger partial charge in [-0.25, -0.2) is 0 Å². The van der Waals surface area contributed by atoms with E-state index in [2.05, 4.69) is 31.3 Å². The van der Waals surface area contributed by atoms with E-state index in [0.717, 1.165) is 41.1 Å². The highest BCUT2D eigenvalue weighted by Gasteiger charge is 2.24. The lowest BCUT2D eigenvalue weighted by Gasteiger charge is -2.17. The number of hydrogen-bond acceptors (Lipinski definition) is 4. The van der Waals surface area contributed by atoms with Gasteiger partial charge >= 0.3 is 0 Å². The van der Waals surface area contributed by atoms with E-state index in [0.29, 0.717) is 30.9 Å². The predicted molar refractivity (Wildman–Crippen MR) is 109 cm³/mol. The van der Waals surface area contributed by atoms with Crippen LogP contribution in [0.25, 0.3) is 0 Å². The molecule has 1 aliphatic carbocycles. The van der Waals surface area contributed by atoms with Gasteiger partial charge in [-0.2, -0.15) is 5.26 Å². The first kappa shape index (κ1) is 19.4. The molecule has 5 heteroatoms. The quantitative estimate of drug-likeness (QED) is 0.702. The molecule has 1 amide bonds. The van der Waals surface area contributed by atoms with Crippen molar-refractivity contribution >= 4 is 22.2 Å². The van der Waals surface area contributed by atoms with Crippen molar-refractivity contribution in [2.45, 2.75) is 52.9 Å². The van der Waals surface area contributed by atoms with Crippen LogP contribution >= 0.6 is 11.3 Å². The van der Waals surface area contributed by atoms with Crippen molar-refractivity contribution in [2.75, 3.05) is 11.9 Å². The molecular formula is C22H26N2O2S. The minimum Gasteiger partial charge on any atom is -0.493 e. The molecule has 1 N–H and O–H groups in total. The summed E-state index contributed by atoms with van der Waals surface area (Å²) in [5.74, 6) is 1.46. The molecule has 4 nitrogen and oxygen atoms in total. The van der Waals surface area contributed by atoms with Crippen LogP contribution in [0.5, 0.6) is 5.75 Å². The van der Waals surface area contributed by atoms with Crippen LogP contribution in [0, 0.1) is 31.1 Å². The average molecular weight is 383 g/mol. The normalized spacial score (nSPS) is 15.7. The number of ether oxygens (including phenoxy) is 1. The maximum Gasteiger partial charge on any atom is 0.225 e.